The lowest BCUT2D eigenvalue weighted by molar-refractivity contribution is 0.508. The van der Waals surface area contributed by atoms with E-state index in [9.17, 15) is 0 Å². The number of hydrogen-bond acceptors (Lipinski definition) is 2. The van der Waals surface area contributed by atoms with Crippen molar-refractivity contribution in [2.24, 2.45) is 0 Å². The summed E-state index contributed by atoms with van der Waals surface area (Å²) in [6.07, 6.45) is 7.20. The Morgan fingerprint density at radius 1 is 1.50 bits per heavy atom. The predicted octanol–water partition coefficient (Wildman–Crippen LogP) is 2.77. The molecule has 1 aromatic heterocycles. The van der Waals surface area contributed by atoms with E-state index in [1.54, 1.807) is 0 Å². The third-order valence-corrected chi connectivity index (χ3v) is 2.88. The van der Waals surface area contributed by atoms with Gasteiger partial charge in [0.2, 0.25) is 0 Å². The standard InChI is InChI=1S/C11H17BrN2/c1-3-11(13-2)5-4-9-6-10(12)8-14-7-9/h6-8,11,13H,3-5H2,1-2H3. The van der Waals surface area contributed by atoms with Crippen LogP contribution < -0.4 is 5.32 Å². The van der Waals surface area contributed by atoms with Crippen LogP contribution >= 0.6 is 15.9 Å². The lowest BCUT2D eigenvalue weighted by atomic mass is 10.1. The zero-order valence-corrected chi connectivity index (χ0v) is 10.3. The van der Waals surface area contributed by atoms with Crippen molar-refractivity contribution in [3.05, 3.63) is 28.5 Å². The number of hydrogen-bond donors (Lipinski definition) is 1. The average Bonchev–Trinajstić information content (AvgIpc) is 2.19. The molecule has 0 spiro atoms. The van der Waals surface area contributed by atoms with Crippen molar-refractivity contribution in [1.82, 2.24) is 10.3 Å². The maximum atomic E-state index is 4.15. The minimum absolute atomic E-state index is 0.619. The summed E-state index contributed by atoms with van der Waals surface area (Å²) in [5.74, 6) is 0. The lowest BCUT2D eigenvalue weighted by Gasteiger charge is -2.13. The van der Waals surface area contributed by atoms with E-state index in [4.69, 9.17) is 0 Å². The molecule has 0 bridgehead atoms. The fourth-order valence-corrected chi connectivity index (χ4v) is 1.90. The summed E-state index contributed by atoms with van der Waals surface area (Å²) in [5, 5.41) is 3.30. The fraction of sp³-hybridized carbons (Fsp3) is 0.545. The first-order valence-electron chi connectivity index (χ1n) is 5.03. The second kappa shape index (κ2) is 6.14. The van der Waals surface area contributed by atoms with Crippen LogP contribution in [-0.2, 0) is 6.42 Å². The minimum Gasteiger partial charge on any atom is -0.317 e. The van der Waals surface area contributed by atoms with Crippen LogP contribution in [0.4, 0.5) is 0 Å². The number of aryl methyl sites for hydroxylation is 1. The van der Waals surface area contributed by atoms with Crippen molar-refractivity contribution in [2.45, 2.75) is 32.2 Å². The van der Waals surface area contributed by atoms with Crippen LogP contribution in [0.15, 0.2) is 22.9 Å². The molecule has 0 aromatic carbocycles. The van der Waals surface area contributed by atoms with Crippen molar-refractivity contribution >= 4 is 15.9 Å². The highest BCUT2D eigenvalue weighted by atomic mass is 79.9. The summed E-state index contributed by atoms with van der Waals surface area (Å²) in [4.78, 5) is 4.15. The first-order valence-corrected chi connectivity index (χ1v) is 5.82. The number of nitrogens with one attached hydrogen (secondary N) is 1. The Morgan fingerprint density at radius 2 is 2.29 bits per heavy atom. The van der Waals surface area contributed by atoms with Gasteiger partial charge in [0.25, 0.3) is 0 Å². The van der Waals surface area contributed by atoms with E-state index in [1.807, 2.05) is 19.4 Å². The monoisotopic (exact) mass is 256 g/mol. The molecule has 1 unspecified atom stereocenters. The smallest absolute Gasteiger partial charge is 0.0410 e. The van der Waals surface area contributed by atoms with E-state index in [0.29, 0.717) is 6.04 Å². The van der Waals surface area contributed by atoms with Gasteiger partial charge in [-0.1, -0.05) is 6.92 Å². The van der Waals surface area contributed by atoms with Crippen LogP contribution in [0.1, 0.15) is 25.3 Å². The van der Waals surface area contributed by atoms with Gasteiger partial charge in [-0.15, -0.1) is 0 Å². The highest BCUT2D eigenvalue weighted by molar-refractivity contribution is 9.10. The quantitative estimate of drug-likeness (QED) is 0.877. The second-order valence-corrected chi connectivity index (χ2v) is 4.36. The molecule has 0 fully saturated rings. The van der Waals surface area contributed by atoms with Crippen LogP contribution in [0.2, 0.25) is 0 Å². The number of aromatic nitrogens is 1. The Hall–Kier alpha value is -0.410. The van der Waals surface area contributed by atoms with E-state index in [2.05, 4.69) is 39.2 Å². The Bertz CT molecular complexity index is 272. The fourth-order valence-electron chi connectivity index (χ4n) is 1.49. The number of pyridine rings is 1. The van der Waals surface area contributed by atoms with Gasteiger partial charge in [0, 0.05) is 22.9 Å². The summed E-state index contributed by atoms with van der Waals surface area (Å²) in [6.45, 7) is 2.21. The molecule has 14 heavy (non-hydrogen) atoms. The van der Waals surface area contributed by atoms with E-state index in [-0.39, 0.29) is 0 Å². The van der Waals surface area contributed by atoms with Crippen LogP contribution in [0, 0.1) is 0 Å². The molecule has 0 saturated carbocycles. The van der Waals surface area contributed by atoms with Gasteiger partial charge in [0.05, 0.1) is 0 Å². The van der Waals surface area contributed by atoms with Gasteiger partial charge in [-0.05, 0) is 53.9 Å². The molecule has 0 aliphatic carbocycles. The highest BCUT2D eigenvalue weighted by Crippen LogP contribution is 2.12. The number of nitrogens with zero attached hydrogens (tertiary/aromatic N) is 1. The summed E-state index contributed by atoms with van der Waals surface area (Å²) in [5.41, 5.74) is 1.30. The van der Waals surface area contributed by atoms with Crippen LogP contribution in [-0.4, -0.2) is 18.1 Å². The largest absolute Gasteiger partial charge is 0.317 e. The Kier molecular flexibility index (Phi) is 5.12. The first-order chi connectivity index (χ1) is 6.76. The summed E-state index contributed by atoms with van der Waals surface area (Å²) >= 11 is 3.43. The zero-order valence-electron chi connectivity index (χ0n) is 8.76. The molecule has 0 aliphatic heterocycles. The molecule has 78 valence electrons. The van der Waals surface area contributed by atoms with E-state index in [0.717, 1.165) is 10.9 Å². The number of halogens is 1. The summed E-state index contributed by atoms with van der Waals surface area (Å²) in [6, 6.07) is 2.75. The van der Waals surface area contributed by atoms with Crippen LogP contribution in [0.3, 0.4) is 0 Å². The number of rotatable bonds is 5. The minimum atomic E-state index is 0.619. The normalized spacial score (nSPS) is 12.8. The maximum Gasteiger partial charge on any atom is 0.0410 e. The third-order valence-electron chi connectivity index (χ3n) is 2.44. The van der Waals surface area contributed by atoms with Crippen molar-refractivity contribution < 1.29 is 0 Å². The van der Waals surface area contributed by atoms with Gasteiger partial charge in [-0.3, -0.25) is 4.98 Å². The van der Waals surface area contributed by atoms with Gasteiger partial charge in [0.15, 0.2) is 0 Å². The highest BCUT2D eigenvalue weighted by Gasteiger charge is 2.03. The third kappa shape index (κ3) is 3.76. The predicted molar refractivity (Wildman–Crippen MR) is 63.4 cm³/mol. The average molecular weight is 257 g/mol. The second-order valence-electron chi connectivity index (χ2n) is 3.44. The van der Waals surface area contributed by atoms with E-state index < -0.39 is 0 Å². The van der Waals surface area contributed by atoms with Crippen LogP contribution in [0.25, 0.3) is 0 Å². The topological polar surface area (TPSA) is 24.9 Å². The van der Waals surface area contributed by atoms with Crippen LogP contribution in [0.5, 0.6) is 0 Å². The van der Waals surface area contributed by atoms with E-state index in [1.165, 1.54) is 18.4 Å². The Morgan fingerprint density at radius 3 is 2.86 bits per heavy atom. The maximum absolute atomic E-state index is 4.15. The summed E-state index contributed by atoms with van der Waals surface area (Å²) < 4.78 is 1.06. The molecule has 0 aliphatic rings. The molecule has 1 aromatic rings. The van der Waals surface area contributed by atoms with Crippen molar-refractivity contribution in [2.75, 3.05) is 7.05 Å². The van der Waals surface area contributed by atoms with Gasteiger partial charge in [-0.2, -0.15) is 0 Å². The van der Waals surface area contributed by atoms with Gasteiger partial charge in [0.1, 0.15) is 0 Å². The summed E-state index contributed by atoms with van der Waals surface area (Å²) in [7, 11) is 2.02. The molecular formula is C11H17BrN2. The molecule has 1 heterocycles. The molecule has 1 N–H and O–H groups in total. The van der Waals surface area contributed by atoms with Crippen molar-refractivity contribution in [3.63, 3.8) is 0 Å². The van der Waals surface area contributed by atoms with E-state index >= 15 is 0 Å². The van der Waals surface area contributed by atoms with Gasteiger partial charge < -0.3 is 5.32 Å². The first kappa shape index (κ1) is 11.7. The molecule has 3 heteroatoms. The van der Waals surface area contributed by atoms with Crippen molar-refractivity contribution in [1.29, 1.82) is 0 Å². The lowest BCUT2D eigenvalue weighted by Crippen LogP contribution is -2.24. The molecule has 0 radical (unpaired) electrons. The molecule has 0 amide bonds. The molecule has 2 nitrogen and oxygen atoms in total. The Labute approximate surface area is 94.3 Å². The van der Waals surface area contributed by atoms with Gasteiger partial charge in [-0.25, -0.2) is 0 Å². The molecule has 1 atom stereocenters. The Balaban J connectivity index is 2.44. The SMILES string of the molecule is CCC(CCc1cncc(Br)c1)NC. The van der Waals surface area contributed by atoms with Crippen molar-refractivity contribution in [3.8, 4) is 0 Å². The zero-order chi connectivity index (χ0) is 10.4. The molecular weight excluding hydrogens is 240 g/mol. The molecule has 0 saturated heterocycles. The molecule has 1 rings (SSSR count). The van der Waals surface area contributed by atoms with Gasteiger partial charge >= 0.3 is 0 Å².